The van der Waals surface area contributed by atoms with Gasteiger partial charge in [-0.15, -0.1) is 11.3 Å². The molecule has 124 valence electrons. The summed E-state index contributed by atoms with van der Waals surface area (Å²) in [4.78, 5) is 6.38. The second-order valence-electron chi connectivity index (χ2n) is 5.75. The van der Waals surface area contributed by atoms with Gasteiger partial charge in [-0.1, -0.05) is 12.1 Å². The average molecular weight is 341 g/mol. The minimum Gasteiger partial charge on any atom is -0.509 e. The van der Waals surface area contributed by atoms with Crippen LogP contribution in [-0.4, -0.2) is 47.8 Å². The van der Waals surface area contributed by atoms with Crippen molar-refractivity contribution in [3.63, 3.8) is 0 Å². The van der Waals surface area contributed by atoms with Gasteiger partial charge in [0.25, 0.3) is 0 Å². The normalized spacial score (nSPS) is 15.0. The number of benzene rings is 1. The van der Waals surface area contributed by atoms with Gasteiger partial charge < -0.3 is 10.0 Å². The van der Waals surface area contributed by atoms with Crippen LogP contribution in [0.15, 0.2) is 40.5 Å². The van der Waals surface area contributed by atoms with Crippen LogP contribution >= 0.6 is 11.3 Å². The Morgan fingerprint density at radius 1 is 1.33 bits per heavy atom. The van der Waals surface area contributed by atoms with Gasteiger partial charge in [0.05, 0.1) is 11.8 Å². The maximum Gasteiger partial charge on any atom is 0.155 e. The zero-order valence-corrected chi connectivity index (χ0v) is 14.6. The number of nitrogens with zero attached hydrogens (tertiary/aromatic N) is 4. The molecule has 0 saturated heterocycles. The Morgan fingerprint density at radius 2 is 2.04 bits per heavy atom. The van der Waals surface area contributed by atoms with Gasteiger partial charge in [-0.2, -0.15) is 5.10 Å². The second-order valence-corrected chi connectivity index (χ2v) is 6.61. The van der Waals surface area contributed by atoms with E-state index in [1.165, 1.54) is 16.3 Å². The lowest BCUT2D eigenvalue weighted by molar-refractivity contribution is 0.358. The Kier molecular flexibility index (Phi) is 4.35. The molecule has 1 aliphatic heterocycles. The molecule has 0 saturated carbocycles. The van der Waals surface area contributed by atoms with E-state index < -0.39 is 0 Å². The highest BCUT2D eigenvalue weighted by Crippen LogP contribution is 2.29. The number of aromatic nitrogens is 1. The Labute approximate surface area is 144 Å². The van der Waals surface area contributed by atoms with Crippen LogP contribution in [-0.2, 0) is 0 Å². The van der Waals surface area contributed by atoms with E-state index in [1.807, 2.05) is 55.6 Å². The highest BCUT2D eigenvalue weighted by molar-refractivity contribution is 7.11. The highest BCUT2D eigenvalue weighted by Gasteiger charge is 2.29. The first-order valence-electron chi connectivity index (χ1n) is 7.48. The first-order chi connectivity index (χ1) is 11.5. The number of aliphatic hydroxyl groups excluding tert-OH is 1. The maximum atomic E-state index is 10.2. The summed E-state index contributed by atoms with van der Waals surface area (Å²) in [6, 6.07) is 7.96. The molecule has 0 atom stereocenters. The fourth-order valence-electron chi connectivity index (χ4n) is 2.35. The molecule has 1 aromatic heterocycles. The number of aryl methyl sites for hydroxylation is 1. The number of hydrogen-bond acceptors (Lipinski definition) is 6. The van der Waals surface area contributed by atoms with Crippen LogP contribution in [0, 0.1) is 12.3 Å². The van der Waals surface area contributed by atoms with E-state index >= 15 is 0 Å². The largest absolute Gasteiger partial charge is 0.509 e. The van der Waals surface area contributed by atoms with Crippen LogP contribution in [0.1, 0.15) is 16.3 Å². The summed E-state index contributed by atoms with van der Waals surface area (Å²) in [7, 11) is 3.98. The van der Waals surface area contributed by atoms with E-state index in [0.29, 0.717) is 10.6 Å². The summed E-state index contributed by atoms with van der Waals surface area (Å²) in [5.74, 6) is 0.303. The molecular weight excluding hydrogens is 322 g/mol. The first kappa shape index (κ1) is 16.2. The summed E-state index contributed by atoms with van der Waals surface area (Å²) in [5.41, 5.74) is 3.40. The van der Waals surface area contributed by atoms with E-state index in [-0.39, 0.29) is 18.1 Å². The second kappa shape index (κ2) is 6.45. The van der Waals surface area contributed by atoms with E-state index in [9.17, 15) is 5.11 Å². The van der Waals surface area contributed by atoms with Gasteiger partial charge in [-0.3, -0.25) is 5.41 Å². The molecule has 1 aromatic carbocycles. The van der Waals surface area contributed by atoms with Gasteiger partial charge in [-0.05, 0) is 24.6 Å². The van der Waals surface area contributed by atoms with Crippen molar-refractivity contribution >= 4 is 34.6 Å². The topological polar surface area (TPSA) is 75.8 Å². The van der Waals surface area contributed by atoms with Gasteiger partial charge in [0.2, 0.25) is 0 Å². The van der Waals surface area contributed by atoms with E-state index in [0.717, 1.165) is 16.9 Å². The molecule has 1 aliphatic rings. The van der Waals surface area contributed by atoms with Crippen molar-refractivity contribution < 1.29 is 5.11 Å². The van der Waals surface area contributed by atoms with Crippen LogP contribution in [0.4, 0.5) is 5.69 Å². The number of nitrogens with one attached hydrogen (secondary N) is 1. The summed E-state index contributed by atoms with van der Waals surface area (Å²) in [6.45, 7) is 2.09. The number of amidine groups is 1. The van der Waals surface area contributed by atoms with Gasteiger partial charge in [-0.25, -0.2) is 9.99 Å². The standard InChI is InChI=1S/C17H19N5OS/c1-11-10-24-17(20-11)15-14(23)9-22(16(15)18)19-8-12-4-6-13(7-5-12)21(2)3/h4-8,10,18,23H,9H2,1-3H3/b18-16?,19-8-. The lowest BCUT2D eigenvalue weighted by Crippen LogP contribution is -2.20. The third kappa shape index (κ3) is 3.16. The third-order valence-corrected chi connectivity index (χ3v) is 4.65. The number of aliphatic hydroxyl groups is 1. The van der Waals surface area contributed by atoms with Crippen molar-refractivity contribution in [2.75, 3.05) is 25.5 Å². The molecule has 6 nitrogen and oxygen atoms in total. The third-order valence-electron chi connectivity index (χ3n) is 3.67. The molecule has 2 heterocycles. The van der Waals surface area contributed by atoms with E-state index in [4.69, 9.17) is 5.41 Å². The summed E-state index contributed by atoms with van der Waals surface area (Å²) < 4.78 is 0. The zero-order chi connectivity index (χ0) is 17.3. The quantitative estimate of drug-likeness (QED) is 0.838. The molecular formula is C17H19N5OS. The number of thiazole rings is 1. The van der Waals surface area contributed by atoms with Gasteiger partial charge in [0.1, 0.15) is 17.3 Å². The number of anilines is 1. The first-order valence-corrected chi connectivity index (χ1v) is 8.36. The van der Waals surface area contributed by atoms with Crippen LogP contribution < -0.4 is 4.90 Å². The summed E-state index contributed by atoms with van der Waals surface area (Å²) in [5, 5.41) is 26.8. The van der Waals surface area contributed by atoms with Crippen molar-refractivity contribution in [1.29, 1.82) is 5.41 Å². The molecule has 0 aliphatic carbocycles. The predicted octanol–water partition coefficient (Wildman–Crippen LogP) is 3.11. The monoisotopic (exact) mass is 341 g/mol. The lowest BCUT2D eigenvalue weighted by Gasteiger charge is -2.13. The Hall–Kier alpha value is -2.67. The van der Waals surface area contributed by atoms with Crippen molar-refractivity contribution in [2.24, 2.45) is 5.10 Å². The van der Waals surface area contributed by atoms with Crippen LogP contribution in [0.25, 0.3) is 5.57 Å². The van der Waals surface area contributed by atoms with Gasteiger partial charge in [0.15, 0.2) is 5.84 Å². The molecule has 0 spiro atoms. The van der Waals surface area contributed by atoms with Crippen LogP contribution in [0.2, 0.25) is 0 Å². The predicted molar refractivity (Wildman–Crippen MR) is 99.2 cm³/mol. The molecule has 2 aromatic rings. The molecule has 24 heavy (non-hydrogen) atoms. The maximum absolute atomic E-state index is 10.2. The van der Waals surface area contributed by atoms with Crippen molar-refractivity contribution in [1.82, 2.24) is 9.99 Å². The van der Waals surface area contributed by atoms with Gasteiger partial charge >= 0.3 is 0 Å². The SMILES string of the molecule is Cc1csc(C2=C(O)CN(/N=C\c3ccc(N(C)C)cc3)C2=N)n1. The molecule has 2 N–H and O–H groups in total. The molecule has 0 unspecified atom stereocenters. The fraction of sp³-hybridized carbons (Fsp3) is 0.235. The number of rotatable bonds is 4. The minimum absolute atomic E-state index is 0.134. The van der Waals surface area contributed by atoms with Crippen molar-refractivity contribution in [3.8, 4) is 0 Å². The molecule has 0 amide bonds. The van der Waals surface area contributed by atoms with Crippen LogP contribution in [0.3, 0.4) is 0 Å². The lowest BCUT2D eigenvalue weighted by atomic mass is 10.2. The average Bonchev–Trinajstić information content (AvgIpc) is 3.09. The smallest absolute Gasteiger partial charge is 0.155 e. The Morgan fingerprint density at radius 3 is 2.62 bits per heavy atom. The minimum atomic E-state index is 0.134. The highest BCUT2D eigenvalue weighted by atomic mass is 32.1. The van der Waals surface area contributed by atoms with Crippen LogP contribution in [0.5, 0.6) is 0 Å². The number of hydrazone groups is 1. The molecule has 7 heteroatoms. The Bertz CT molecular complexity index is 820. The fourth-order valence-corrected chi connectivity index (χ4v) is 3.22. The van der Waals surface area contributed by atoms with E-state index in [1.54, 1.807) is 6.21 Å². The summed E-state index contributed by atoms with van der Waals surface area (Å²) in [6.07, 6.45) is 1.69. The van der Waals surface area contributed by atoms with E-state index in [2.05, 4.69) is 10.1 Å². The van der Waals surface area contributed by atoms with Crippen molar-refractivity contribution in [3.05, 3.63) is 51.7 Å². The molecule has 0 fully saturated rings. The number of hydrogen-bond donors (Lipinski definition) is 2. The van der Waals surface area contributed by atoms with Gasteiger partial charge in [0, 0.05) is 30.9 Å². The zero-order valence-electron chi connectivity index (χ0n) is 13.8. The molecule has 0 radical (unpaired) electrons. The molecule has 0 bridgehead atoms. The van der Waals surface area contributed by atoms with Crippen molar-refractivity contribution in [2.45, 2.75) is 6.92 Å². The summed E-state index contributed by atoms with van der Waals surface area (Å²) >= 11 is 1.42. The Balaban J connectivity index is 1.74. The molecule has 3 rings (SSSR count).